The number of rotatable bonds is 8. The molecule has 0 aliphatic heterocycles. The molecule has 0 amide bonds. The van der Waals surface area contributed by atoms with Crippen molar-refractivity contribution in [3.05, 3.63) is 0 Å². The highest BCUT2D eigenvalue weighted by Gasteiger charge is 2.20. The van der Waals surface area contributed by atoms with Crippen LogP contribution in [-0.2, 0) is 4.79 Å². The minimum atomic E-state index is -0.808. The van der Waals surface area contributed by atoms with Crippen LogP contribution in [0.4, 0.5) is 0 Å². The van der Waals surface area contributed by atoms with Gasteiger partial charge in [-0.05, 0) is 18.8 Å². The lowest BCUT2D eigenvalue weighted by atomic mass is 9.96. The molecule has 2 unspecified atom stereocenters. The van der Waals surface area contributed by atoms with E-state index < -0.39 is 5.97 Å². The SMILES string of the molecule is C#CCN(CC(=O)O)C(CC)CC(C)CC. The van der Waals surface area contributed by atoms with Crippen molar-refractivity contribution < 1.29 is 9.90 Å². The third-order valence-corrected chi connectivity index (χ3v) is 2.99. The Kier molecular flexibility index (Phi) is 7.66. The molecule has 0 saturated carbocycles. The van der Waals surface area contributed by atoms with Gasteiger partial charge in [-0.2, -0.15) is 0 Å². The zero-order valence-electron chi connectivity index (χ0n) is 10.6. The number of nitrogens with zero attached hydrogens (tertiary/aromatic N) is 1. The minimum Gasteiger partial charge on any atom is -0.480 e. The van der Waals surface area contributed by atoms with E-state index in [1.54, 1.807) is 0 Å². The van der Waals surface area contributed by atoms with Crippen LogP contribution in [0.1, 0.15) is 40.0 Å². The van der Waals surface area contributed by atoms with Crippen molar-refractivity contribution in [1.82, 2.24) is 4.90 Å². The minimum absolute atomic E-state index is 0.0408. The summed E-state index contributed by atoms with van der Waals surface area (Å²) in [6.07, 6.45) is 8.35. The van der Waals surface area contributed by atoms with E-state index in [1.165, 1.54) is 0 Å². The highest BCUT2D eigenvalue weighted by Crippen LogP contribution is 2.17. The van der Waals surface area contributed by atoms with E-state index in [4.69, 9.17) is 11.5 Å². The van der Waals surface area contributed by atoms with E-state index in [1.807, 2.05) is 4.90 Å². The molecule has 0 aliphatic carbocycles. The number of carbonyl (C=O) groups is 1. The summed E-state index contributed by atoms with van der Waals surface area (Å²) in [6, 6.07) is 0.280. The Morgan fingerprint density at radius 3 is 2.44 bits per heavy atom. The predicted octanol–water partition coefficient (Wildman–Crippen LogP) is 2.22. The number of aliphatic carboxylic acids is 1. The first-order chi connectivity index (χ1) is 7.54. The summed E-state index contributed by atoms with van der Waals surface area (Å²) in [5.74, 6) is 2.34. The first-order valence-corrected chi connectivity index (χ1v) is 5.94. The maximum atomic E-state index is 10.7. The summed E-state index contributed by atoms with van der Waals surface area (Å²) in [5, 5.41) is 8.84. The molecule has 92 valence electrons. The number of carboxylic acids is 1. The molecule has 0 fully saturated rings. The second kappa shape index (κ2) is 8.18. The number of carboxylic acid groups (broad SMARTS) is 1. The van der Waals surface area contributed by atoms with Gasteiger partial charge in [0.1, 0.15) is 0 Å². The van der Waals surface area contributed by atoms with Crippen LogP contribution in [0, 0.1) is 18.3 Å². The standard InChI is InChI=1S/C13H23NO2/c1-5-8-14(10-13(15)16)12(7-3)9-11(4)6-2/h1,11-12H,6-10H2,2-4H3,(H,15,16). The van der Waals surface area contributed by atoms with E-state index in [-0.39, 0.29) is 12.6 Å². The number of terminal acetylenes is 1. The van der Waals surface area contributed by atoms with E-state index in [2.05, 4.69) is 26.7 Å². The summed E-state index contributed by atoms with van der Waals surface area (Å²) < 4.78 is 0. The van der Waals surface area contributed by atoms with Gasteiger partial charge in [0.25, 0.3) is 0 Å². The van der Waals surface area contributed by atoms with Crippen LogP contribution < -0.4 is 0 Å². The molecular weight excluding hydrogens is 202 g/mol. The third kappa shape index (κ3) is 5.77. The number of hydrogen-bond donors (Lipinski definition) is 1. The number of hydrogen-bond acceptors (Lipinski definition) is 2. The van der Waals surface area contributed by atoms with E-state index in [0.717, 1.165) is 19.3 Å². The smallest absolute Gasteiger partial charge is 0.317 e. The average Bonchev–Trinajstić information content (AvgIpc) is 2.24. The largest absolute Gasteiger partial charge is 0.480 e. The van der Waals surface area contributed by atoms with Gasteiger partial charge in [-0.1, -0.05) is 33.1 Å². The van der Waals surface area contributed by atoms with Crippen molar-refractivity contribution in [3.63, 3.8) is 0 Å². The molecule has 2 atom stereocenters. The summed E-state index contributed by atoms with van der Waals surface area (Å²) in [5.41, 5.74) is 0. The Labute approximate surface area is 98.8 Å². The molecule has 1 N–H and O–H groups in total. The molecule has 0 heterocycles. The van der Waals surface area contributed by atoms with Crippen molar-refractivity contribution in [2.75, 3.05) is 13.1 Å². The van der Waals surface area contributed by atoms with E-state index >= 15 is 0 Å². The second-order valence-electron chi connectivity index (χ2n) is 4.31. The van der Waals surface area contributed by atoms with E-state index in [0.29, 0.717) is 12.5 Å². The third-order valence-electron chi connectivity index (χ3n) is 2.99. The summed E-state index contributed by atoms with van der Waals surface area (Å²) >= 11 is 0. The van der Waals surface area contributed by atoms with Crippen molar-refractivity contribution in [3.8, 4) is 12.3 Å². The van der Waals surface area contributed by atoms with Gasteiger partial charge in [-0.25, -0.2) is 0 Å². The molecule has 0 spiro atoms. The van der Waals surface area contributed by atoms with Crippen molar-refractivity contribution in [2.45, 2.75) is 46.1 Å². The van der Waals surface area contributed by atoms with Gasteiger partial charge in [0.15, 0.2) is 0 Å². The molecule has 3 nitrogen and oxygen atoms in total. The molecule has 0 rings (SSSR count). The first kappa shape index (κ1) is 15.0. The highest BCUT2D eigenvalue weighted by atomic mass is 16.4. The monoisotopic (exact) mass is 225 g/mol. The van der Waals surface area contributed by atoms with Crippen LogP contribution in [0.25, 0.3) is 0 Å². The lowest BCUT2D eigenvalue weighted by molar-refractivity contribution is -0.138. The fourth-order valence-electron chi connectivity index (χ4n) is 1.81. The molecule has 0 aliphatic rings. The second-order valence-corrected chi connectivity index (χ2v) is 4.31. The van der Waals surface area contributed by atoms with Gasteiger partial charge < -0.3 is 5.11 Å². The highest BCUT2D eigenvalue weighted by molar-refractivity contribution is 5.69. The molecule has 0 aromatic carbocycles. The lowest BCUT2D eigenvalue weighted by Crippen LogP contribution is -2.40. The summed E-state index contributed by atoms with van der Waals surface area (Å²) in [4.78, 5) is 12.6. The van der Waals surface area contributed by atoms with Crippen LogP contribution in [0.3, 0.4) is 0 Å². The van der Waals surface area contributed by atoms with Crippen LogP contribution in [-0.4, -0.2) is 35.1 Å². The van der Waals surface area contributed by atoms with E-state index in [9.17, 15) is 4.79 Å². The van der Waals surface area contributed by atoms with Gasteiger partial charge in [0.2, 0.25) is 0 Å². The Balaban J connectivity index is 4.45. The first-order valence-electron chi connectivity index (χ1n) is 5.94. The van der Waals surface area contributed by atoms with Gasteiger partial charge in [0, 0.05) is 6.04 Å². The molecule has 3 heteroatoms. The zero-order valence-corrected chi connectivity index (χ0v) is 10.6. The fraction of sp³-hybridized carbons (Fsp3) is 0.769. The van der Waals surface area contributed by atoms with Crippen molar-refractivity contribution >= 4 is 5.97 Å². The Morgan fingerprint density at radius 2 is 2.06 bits per heavy atom. The molecule has 0 saturated heterocycles. The Bertz CT molecular complexity index is 245. The van der Waals surface area contributed by atoms with Crippen LogP contribution in [0.5, 0.6) is 0 Å². The lowest BCUT2D eigenvalue weighted by Gasteiger charge is -2.29. The summed E-state index contributed by atoms with van der Waals surface area (Å²) in [6.45, 7) is 6.89. The quantitative estimate of drug-likeness (QED) is 0.644. The van der Waals surface area contributed by atoms with Gasteiger partial charge in [-0.15, -0.1) is 6.42 Å². The molecule has 0 bridgehead atoms. The molecule has 0 radical (unpaired) electrons. The van der Waals surface area contributed by atoms with Crippen LogP contribution >= 0.6 is 0 Å². The zero-order chi connectivity index (χ0) is 12.6. The Hall–Kier alpha value is -1.01. The molecule has 16 heavy (non-hydrogen) atoms. The Morgan fingerprint density at radius 1 is 1.44 bits per heavy atom. The molecule has 0 aromatic heterocycles. The van der Waals surface area contributed by atoms with Gasteiger partial charge in [-0.3, -0.25) is 9.69 Å². The van der Waals surface area contributed by atoms with Crippen LogP contribution in [0.2, 0.25) is 0 Å². The van der Waals surface area contributed by atoms with Crippen molar-refractivity contribution in [1.29, 1.82) is 0 Å². The normalized spacial score (nSPS) is 14.4. The maximum Gasteiger partial charge on any atom is 0.317 e. The molecule has 0 aromatic rings. The predicted molar refractivity (Wildman–Crippen MR) is 66.2 cm³/mol. The van der Waals surface area contributed by atoms with Crippen molar-refractivity contribution in [2.24, 2.45) is 5.92 Å². The van der Waals surface area contributed by atoms with Gasteiger partial charge in [0.05, 0.1) is 13.1 Å². The van der Waals surface area contributed by atoms with Crippen LogP contribution in [0.15, 0.2) is 0 Å². The average molecular weight is 225 g/mol. The topological polar surface area (TPSA) is 40.5 Å². The van der Waals surface area contributed by atoms with Gasteiger partial charge >= 0.3 is 5.97 Å². The summed E-state index contributed by atoms with van der Waals surface area (Å²) in [7, 11) is 0. The maximum absolute atomic E-state index is 10.7. The molecular formula is C13H23NO2. The fourth-order valence-corrected chi connectivity index (χ4v) is 1.81.